The van der Waals surface area contributed by atoms with Crippen LogP contribution in [-0.4, -0.2) is 25.5 Å². The molecular weight excluding hydrogens is 302 g/mol. The minimum absolute atomic E-state index is 0. The van der Waals surface area contributed by atoms with Gasteiger partial charge in [0, 0.05) is 11.8 Å². The number of para-hydroxylation sites is 1. The monoisotopic (exact) mass is 317 g/mol. The first-order valence-electron chi connectivity index (χ1n) is 6.61. The van der Waals surface area contributed by atoms with Gasteiger partial charge >= 0.3 is 0 Å². The highest BCUT2D eigenvalue weighted by Crippen LogP contribution is 2.21. The van der Waals surface area contributed by atoms with Crippen LogP contribution in [0, 0.1) is 0 Å². The molecule has 5 nitrogen and oxygen atoms in total. The maximum Gasteiger partial charge on any atom is 0.255 e. The number of carbonyl (C=O) groups is 1. The third-order valence-corrected chi connectivity index (χ3v) is 3.17. The predicted molar refractivity (Wildman–Crippen MR) is 90.1 cm³/mol. The molecule has 2 aromatic carbocycles. The molecule has 0 unspecified atom stereocenters. The number of aliphatic imine (C=N–C) groups is 1. The second-order valence-corrected chi connectivity index (χ2v) is 4.56. The SMILES string of the molecule is COc1cccc(NC2=NCC(=O)N2c2ccccc2)c1.Cl. The average molecular weight is 318 g/mol. The Morgan fingerprint density at radius 2 is 1.91 bits per heavy atom. The molecular formula is C16H16ClN3O2. The number of guanidine groups is 1. The lowest BCUT2D eigenvalue weighted by molar-refractivity contribution is -0.115. The number of nitrogens with one attached hydrogen (secondary N) is 1. The molecule has 0 saturated heterocycles. The second-order valence-electron chi connectivity index (χ2n) is 4.56. The van der Waals surface area contributed by atoms with E-state index in [2.05, 4.69) is 10.3 Å². The van der Waals surface area contributed by atoms with Crippen LogP contribution >= 0.6 is 12.4 Å². The number of methoxy groups -OCH3 is 1. The zero-order valence-corrected chi connectivity index (χ0v) is 12.8. The van der Waals surface area contributed by atoms with Gasteiger partial charge in [-0.2, -0.15) is 0 Å². The maximum absolute atomic E-state index is 12.0. The molecule has 0 fully saturated rings. The minimum Gasteiger partial charge on any atom is -0.497 e. The smallest absolute Gasteiger partial charge is 0.255 e. The average Bonchev–Trinajstić information content (AvgIpc) is 2.89. The van der Waals surface area contributed by atoms with Gasteiger partial charge < -0.3 is 10.1 Å². The van der Waals surface area contributed by atoms with E-state index in [9.17, 15) is 4.79 Å². The molecule has 0 aromatic heterocycles. The van der Waals surface area contributed by atoms with Gasteiger partial charge in [-0.25, -0.2) is 9.89 Å². The van der Waals surface area contributed by atoms with Crippen LogP contribution in [0.25, 0.3) is 0 Å². The Morgan fingerprint density at radius 1 is 1.14 bits per heavy atom. The molecule has 1 heterocycles. The highest BCUT2D eigenvalue weighted by molar-refractivity contribution is 6.24. The molecule has 1 aliphatic rings. The summed E-state index contributed by atoms with van der Waals surface area (Å²) in [5.74, 6) is 1.22. The molecule has 0 atom stereocenters. The lowest BCUT2D eigenvalue weighted by Crippen LogP contribution is -2.36. The summed E-state index contributed by atoms with van der Waals surface area (Å²) in [6, 6.07) is 17.0. The maximum atomic E-state index is 12.0. The van der Waals surface area contributed by atoms with Gasteiger partial charge in [-0.15, -0.1) is 12.4 Å². The van der Waals surface area contributed by atoms with Gasteiger partial charge in [0.25, 0.3) is 5.91 Å². The van der Waals surface area contributed by atoms with Crippen LogP contribution in [0.5, 0.6) is 5.75 Å². The van der Waals surface area contributed by atoms with Gasteiger partial charge in [0.1, 0.15) is 12.3 Å². The lowest BCUT2D eigenvalue weighted by Gasteiger charge is -2.19. The van der Waals surface area contributed by atoms with Crippen LogP contribution in [-0.2, 0) is 4.79 Å². The van der Waals surface area contributed by atoms with Crippen molar-refractivity contribution in [2.24, 2.45) is 4.99 Å². The van der Waals surface area contributed by atoms with Gasteiger partial charge in [0.15, 0.2) is 0 Å². The Hall–Kier alpha value is -2.53. The molecule has 114 valence electrons. The molecule has 3 rings (SSSR count). The summed E-state index contributed by atoms with van der Waals surface area (Å²) in [5.41, 5.74) is 1.62. The Morgan fingerprint density at radius 3 is 2.64 bits per heavy atom. The molecule has 1 N–H and O–H groups in total. The summed E-state index contributed by atoms with van der Waals surface area (Å²) >= 11 is 0. The standard InChI is InChI=1S/C16H15N3O2.ClH/c1-21-14-9-5-6-12(10-14)18-16-17-11-15(20)19(16)13-7-3-2-4-8-13;/h2-10H,11H2,1H3,(H,17,18);1H. The second kappa shape index (κ2) is 6.95. The summed E-state index contributed by atoms with van der Waals surface area (Å²) in [6.07, 6.45) is 0. The van der Waals surface area contributed by atoms with E-state index in [-0.39, 0.29) is 24.9 Å². The molecule has 0 spiro atoms. The van der Waals surface area contributed by atoms with Gasteiger partial charge in [0.2, 0.25) is 5.96 Å². The van der Waals surface area contributed by atoms with Crippen molar-refractivity contribution in [3.8, 4) is 5.75 Å². The van der Waals surface area contributed by atoms with Crippen LogP contribution < -0.4 is 15.0 Å². The highest BCUT2D eigenvalue weighted by atomic mass is 35.5. The van der Waals surface area contributed by atoms with Gasteiger partial charge in [-0.3, -0.25) is 4.79 Å². The van der Waals surface area contributed by atoms with Crippen molar-refractivity contribution in [1.82, 2.24) is 0 Å². The van der Waals surface area contributed by atoms with E-state index in [4.69, 9.17) is 4.74 Å². The first-order valence-corrected chi connectivity index (χ1v) is 6.61. The first-order chi connectivity index (χ1) is 10.3. The number of hydrogen-bond donors (Lipinski definition) is 1. The number of halogens is 1. The van der Waals surface area contributed by atoms with E-state index in [1.165, 1.54) is 0 Å². The zero-order chi connectivity index (χ0) is 14.7. The fourth-order valence-corrected chi connectivity index (χ4v) is 2.17. The molecule has 0 bridgehead atoms. The molecule has 22 heavy (non-hydrogen) atoms. The normalized spacial score (nSPS) is 13.4. The quantitative estimate of drug-likeness (QED) is 0.947. The molecule has 6 heteroatoms. The number of rotatable bonds is 3. The first kappa shape index (κ1) is 15.9. The Labute approximate surface area is 135 Å². The van der Waals surface area contributed by atoms with Crippen LogP contribution in [0.4, 0.5) is 11.4 Å². The Bertz CT molecular complexity index is 689. The number of amides is 1. The number of hydrogen-bond acceptors (Lipinski definition) is 4. The number of benzene rings is 2. The van der Waals surface area contributed by atoms with Crippen molar-refractivity contribution >= 4 is 35.6 Å². The summed E-state index contributed by atoms with van der Waals surface area (Å²) in [4.78, 5) is 17.9. The van der Waals surface area contributed by atoms with Crippen molar-refractivity contribution in [3.63, 3.8) is 0 Å². The summed E-state index contributed by atoms with van der Waals surface area (Å²) in [6.45, 7) is 0.154. The number of carbonyl (C=O) groups excluding carboxylic acids is 1. The van der Waals surface area contributed by atoms with Crippen molar-refractivity contribution in [3.05, 3.63) is 54.6 Å². The lowest BCUT2D eigenvalue weighted by atomic mass is 10.3. The Balaban J connectivity index is 0.00000176. The van der Waals surface area contributed by atoms with E-state index >= 15 is 0 Å². The van der Waals surface area contributed by atoms with Gasteiger partial charge in [-0.1, -0.05) is 24.3 Å². The Kier molecular flexibility index (Phi) is 5.01. The number of nitrogens with zero attached hydrogens (tertiary/aromatic N) is 2. The van der Waals surface area contributed by atoms with E-state index < -0.39 is 0 Å². The van der Waals surface area contributed by atoms with E-state index in [0.717, 1.165) is 17.1 Å². The third-order valence-electron chi connectivity index (χ3n) is 3.17. The highest BCUT2D eigenvalue weighted by Gasteiger charge is 2.26. The largest absolute Gasteiger partial charge is 0.497 e. The van der Waals surface area contributed by atoms with Crippen LogP contribution in [0.3, 0.4) is 0 Å². The fourth-order valence-electron chi connectivity index (χ4n) is 2.17. The van der Waals surface area contributed by atoms with Crippen molar-refractivity contribution in [2.75, 3.05) is 23.9 Å². The molecule has 1 amide bonds. The van der Waals surface area contributed by atoms with Crippen LogP contribution in [0.15, 0.2) is 59.6 Å². The third kappa shape index (κ3) is 3.20. The van der Waals surface area contributed by atoms with Crippen molar-refractivity contribution < 1.29 is 9.53 Å². The molecule has 0 aliphatic carbocycles. The van der Waals surface area contributed by atoms with Crippen molar-refractivity contribution in [2.45, 2.75) is 0 Å². The number of anilines is 2. The van der Waals surface area contributed by atoms with E-state index in [0.29, 0.717) is 5.96 Å². The molecule has 1 aliphatic heterocycles. The summed E-state index contributed by atoms with van der Waals surface area (Å²) < 4.78 is 5.19. The molecule has 0 saturated carbocycles. The fraction of sp³-hybridized carbons (Fsp3) is 0.125. The predicted octanol–water partition coefficient (Wildman–Crippen LogP) is 2.93. The van der Waals surface area contributed by atoms with Gasteiger partial charge in [-0.05, 0) is 24.3 Å². The minimum atomic E-state index is -0.0494. The van der Waals surface area contributed by atoms with Gasteiger partial charge in [0.05, 0.1) is 12.8 Å². The topological polar surface area (TPSA) is 53.9 Å². The number of ether oxygens (including phenoxy) is 1. The van der Waals surface area contributed by atoms with Crippen LogP contribution in [0.2, 0.25) is 0 Å². The zero-order valence-electron chi connectivity index (χ0n) is 12.0. The van der Waals surface area contributed by atoms with Crippen LogP contribution in [0.1, 0.15) is 0 Å². The molecule has 2 aromatic rings. The summed E-state index contributed by atoms with van der Waals surface area (Å²) in [5, 5.41) is 3.17. The summed E-state index contributed by atoms with van der Waals surface area (Å²) in [7, 11) is 1.62. The van der Waals surface area contributed by atoms with Crippen molar-refractivity contribution in [1.29, 1.82) is 0 Å². The van der Waals surface area contributed by atoms with E-state index in [1.807, 2.05) is 54.6 Å². The van der Waals surface area contributed by atoms with E-state index in [1.54, 1.807) is 12.0 Å². The molecule has 0 radical (unpaired) electrons.